The van der Waals surface area contributed by atoms with E-state index < -0.39 is 0 Å². The van der Waals surface area contributed by atoms with Crippen LogP contribution in [0, 0.1) is 5.41 Å². The van der Waals surface area contributed by atoms with Crippen LogP contribution in [0.4, 0.5) is 0 Å². The van der Waals surface area contributed by atoms with Crippen molar-refractivity contribution in [2.45, 2.75) is 41.0 Å². The van der Waals surface area contributed by atoms with E-state index in [1.807, 2.05) is 26.8 Å². The molecule has 0 bridgehead atoms. The number of rotatable bonds is 2. The summed E-state index contributed by atoms with van der Waals surface area (Å²) in [6.45, 7) is 10.1. The van der Waals surface area contributed by atoms with Crippen LogP contribution in [0.3, 0.4) is 0 Å². The number of carbonyl (C=O) groups is 1. The summed E-state index contributed by atoms with van der Waals surface area (Å²) in [5.41, 5.74) is 2.89. The van der Waals surface area contributed by atoms with Crippen LogP contribution < -0.4 is 0 Å². The molecule has 0 fully saturated rings. The summed E-state index contributed by atoms with van der Waals surface area (Å²) in [4.78, 5) is 12.2. The number of carbonyl (C=O) groups excluding carboxylic acids is 1. The molecule has 1 heteroatoms. The van der Waals surface area contributed by atoms with E-state index in [2.05, 4.69) is 26.0 Å². The lowest BCUT2D eigenvalue weighted by molar-refractivity contribution is -0.113. The van der Waals surface area contributed by atoms with Gasteiger partial charge in [0.2, 0.25) is 0 Å². The van der Waals surface area contributed by atoms with Crippen LogP contribution >= 0.6 is 0 Å². The molecule has 0 atom stereocenters. The van der Waals surface area contributed by atoms with Gasteiger partial charge in [-0.05, 0) is 43.8 Å². The smallest absolute Gasteiger partial charge is 0.185 e. The van der Waals surface area contributed by atoms with Gasteiger partial charge in [-0.3, -0.25) is 4.79 Å². The molecule has 82 valence electrons. The van der Waals surface area contributed by atoms with Crippen LogP contribution in [0.25, 0.3) is 0 Å². The molecule has 0 radical (unpaired) electrons. The van der Waals surface area contributed by atoms with Gasteiger partial charge in [-0.15, -0.1) is 0 Å². The number of ketones is 1. The number of Topliss-reactive ketones (excluding diaryl/α,β-unsaturated/α-hetero) is 1. The SMILES string of the molecule is CC=C(C)C(=O)C1=C(C)C=CCC1(C)C. The zero-order valence-corrected chi connectivity index (χ0v) is 10.3. The zero-order valence-electron chi connectivity index (χ0n) is 10.3. The highest BCUT2D eigenvalue weighted by atomic mass is 16.1. The quantitative estimate of drug-likeness (QED) is 0.625. The fraction of sp³-hybridized carbons (Fsp3) is 0.500. The maximum absolute atomic E-state index is 12.2. The molecular weight excluding hydrogens is 184 g/mol. The van der Waals surface area contributed by atoms with Crippen LogP contribution in [0.2, 0.25) is 0 Å². The van der Waals surface area contributed by atoms with Gasteiger partial charge in [-0.2, -0.15) is 0 Å². The molecule has 0 aromatic rings. The molecule has 0 amide bonds. The van der Waals surface area contributed by atoms with Gasteiger partial charge in [0.15, 0.2) is 5.78 Å². The highest BCUT2D eigenvalue weighted by Crippen LogP contribution is 2.38. The molecule has 1 nitrogen and oxygen atoms in total. The number of hydrogen-bond donors (Lipinski definition) is 0. The van der Waals surface area contributed by atoms with Crippen molar-refractivity contribution >= 4 is 5.78 Å². The minimum atomic E-state index is -0.0276. The first-order valence-corrected chi connectivity index (χ1v) is 5.45. The van der Waals surface area contributed by atoms with Crippen molar-refractivity contribution in [1.29, 1.82) is 0 Å². The van der Waals surface area contributed by atoms with Gasteiger partial charge in [-0.25, -0.2) is 0 Å². The van der Waals surface area contributed by atoms with Gasteiger partial charge < -0.3 is 0 Å². The first kappa shape index (κ1) is 12.0. The molecule has 0 spiro atoms. The van der Waals surface area contributed by atoms with Gasteiger partial charge in [-0.1, -0.05) is 32.1 Å². The van der Waals surface area contributed by atoms with Crippen molar-refractivity contribution < 1.29 is 4.79 Å². The molecule has 0 aliphatic heterocycles. The molecule has 15 heavy (non-hydrogen) atoms. The summed E-state index contributed by atoms with van der Waals surface area (Å²) < 4.78 is 0. The van der Waals surface area contributed by atoms with Crippen molar-refractivity contribution in [1.82, 2.24) is 0 Å². The Hall–Kier alpha value is -1.11. The summed E-state index contributed by atoms with van der Waals surface area (Å²) in [5.74, 6) is 0.198. The Labute approximate surface area is 92.6 Å². The van der Waals surface area contributed by atoms with Crippen LogP contribution in [-0.2, 0) is 4.79 Å². The molecule has 0 heterocycles. The predicted octanol–water partition coefficient (Wildman–Crippen LogP) is 3.82. The molecule has 1 aliphatic rings. The molecule has 0 aromatic carbocycles. The Bertz CT molecular complexity index is 365. The fourth-order valence-electron chi connectivity index (χ4n) is 2.06. The molecule has 0 saturated heterocycles. The molecule has 0 N–H and O–H groups in total. The van der Waals surface area contributed by atoms with E-state index >= 15 is 0 Å². The average Bonchev–Trinajstić information content (AvgIpc) is 2.14. The Morgan fingerprint density at radius 2 is 2.07 bits per heavy atom. The Morgan fingerprint density at radius 1 is 1.47 bits per heavy atom. The normalized spacial score (nSPS) is 20.7. The molecule has 0 saturated carbocycles. The lowest BCUT2D eigenvalue weighted by atomic mass is 9.73. The van der Waals surface area contributed by atoms with Crippen LogP contribution in [0.1, 0.15) is 41.0 Å². The maximum Gasteiger partial charge on any atom is 0.185 e. The minimum absolute atomic E-state index is 0.0276. The topological polar surface area (TPSA) is 17.1 Å². The van der Waals surface area contributed by atoms with Crippen molar-refractivity contribution in [2.24, 2.45) is 5.41 Å². The molecular formula is C14H20O. The summed E-state index contributed by atoms with van der Waals surface area (Å²) in [6, 6.07) is 0. The Balaban J connectivity index is 3.21. The summed E-state index contributed by atoms with van der Waals surface area (Å²) in [5, 5.41) is 0. The Morgan fingerprint density at radius 3 is 2.53 bits per heavy atom. The Kier molecular flexibility index (Phi) is 3.33. The lowest BCUT2D eigenvalue weighted by Crippen LogP contribution is -2.24. The summed E-state index contributed by atoms with van der Waals surface area (Å²) in [7, 11) is 0. The van der Waals surface area contributed by atoms with Crippen molar-refractivity contribution in [3.05, 3.63) is 34.9 Å². The van der Waals surface area contributed by atoms with E-state index in [-0.39, 0.29) is 11.2 Å². The van der Waals surface area contributed by atoms with Crippen molar-refractivity contribution in [2.75, 3.05) is 0 Å². The largest absolute Gasteiger partial charge is 0.289 e. The van der Waals surface area contributed by atoms with E-state index in [0.717, 1.165) is 23.1 Å². The highest BCUT2D eigenvalue weighted by molar-refractivity contribution is 6.09. The van der Waals surface area contributed by atoms with Crippen LogP contribution in [-0.4, -0.2) is 5.78 Å². The van der Waals surface area contributed by atoms with Gasteiger partial charge in [0.1, 0.15) is 0 Å². The van der Waals surface area contributed by atoms with E-state index in [1.54, 1.807) is 0 Å². The second kappa shape index (κ2) is 4.18. The number of allylic oxidation sites excluding steroid dienone is 6. The van der Waals surface area contributed by atoms with E-state index in [0.29, 0.717) is 0 Å². The maximum atomic E-state index is 12.2. The lowest BCUT2D eigenvalue weighted by Gasteiger charge is -2.30. The second-order valence-electron chi connectivity index (χ2n) is 4.85. The zero-order chi connectivity index (χ0) is 11.6. The third kappa shape index (κ3) is 2.28. The third-order valence-corrected chi connectivity index (χ3v) is 3.09. The molecule has 1 aliphatic carbocycles. The third-order valence-electron chi connectivity index (χ3n) is 3.09. The first-order valence-electron chi connectivity index (χ1n) is 5.45. The second-order valence-corrected chi connectivity index (χ2v) is 4.85. The number of hydrogen-bond acceptors (Lipinski definition) is 1. The molecule has 0 unspecified atom stereocenters. The van der Waals surface area contributed by atoms with Gasteiger partial charge in [0, 0.05) is 5.57 Å². The minimum Gasteiger partial charge on any atom is -0.289 e. The van der Waals surface area contributed by atoms with Crippen molar-refractivity contribution in [3.8, 4) is 0 Å². The van der Waals surface area contributed by atoms with Gasteiger partial charge >= 0.3 is 0 Å². The van der Waals surface area contributed by atoms with Crippen LogP contribution in [0.5, 0.6) is 0 Å². The fourth-order valence-corrected chi connectivity index (χ4v) is 2.06. The molecule has 0 aromatic heterocycles. The average molecular weight is 204 g/mol. The van der Waals surface area contributed by atoms with Gasteiger partial charge in [0.05, 0.1) is 0 Å². The summed E-state index contributed by atoms with van der Waals surface area (Å²) in [6.07, 6.45) is 7.04. The summed E-state index contributed by atoms with van der Waals surface area (Å²) >= 11 is 0. The predicted molar refractivity (Wildman–Crippen MR) is 64.7 cm³/mol. The monoisotopic (exact) mass is 204 g/mol. The van der Waals surface area contributed by atoms with E-state index in [1.165, 1.54) is 0 Å². The van der Waals surface area contributed by atoms with Crippen molar-refractivity contribution in [3.63, 3.8) is 0 Å². The van der Waals surface area contributed by atoms with E-state index in [9.17, 15) is 4.79 Å². The van der Waals surface area contributed by atoms with Crippen LogP contribution in [0.15, 0.2) is 34.9 Å². The van der Waals surface area contributed by atoms with Gasteiger partial charge in [0.25, 0.3) is 0 Å². The molecule has 1 rings (SSSR count). The first-order chi connectivity index (χ1) is 6.90. The standard InChI is InChI=1S/C14H20O/c1-6-10(2)13(15)12-11(3)8-7-9-14(12,4)5/h6-8H,9H2,1-5H3. The highest BCUT2D eigenvalue weighted by Gasteiger charge is 2.31. The van der Waals surface area contributed by atoms with E-state index in [4.69, 9.17) is 0 Å².